The smallest absolute Gasteiger partial charge is 0.191 e. The highest BCUT2D eigenvalue weighted by Gasteiger charge is 2.15. The van der Waals surface area contributed by atoms with E-state index in [0.717, 1.165) is 64.0 Å². The van der Waals surface area contributed by atoms with Crippen LogP contribution in [0.5, 0.6) is 0 Å². The number of pyridine rings is 1. The molecule has 3 heterocycles. The van der Waals surface area contributed by atoms with Gasteiger partial charge in [-0.15, -0.1) is 0 Å². The summed E-state index contributed by atoms with van der Waals surface area (Å²) in [5.74, 6) is 1.87. The molecule has 27 heavy (non-hydrogen) atoms. The van der Waals surface area contributed by atoms with Crippen LogP contribution in [0.15, 0.2) is 41.8 Å². The van der Waals surface area contributed by atoms with Gasteiger partial charge in [-0.25, -0.2) is 4.98 Å². The molecule has 0 radical (unpaired) electrons. The lowest BCUT2D eigenvalue weighted by atomic mass is 10.2. The third-order valence-corrected chi connectivity index (χ3v) is 4.74. The van der Waals surface area contributed by atoms with Gasteiger partial charge in [-0.1, -0.05) is 0 Å². The van der Waals surface area contributed by atoms with Gasteiger partial charge in [0.05, 0.1) is 0 Å². The first-order chi connectivity index (χ1) is 13.2. The van der Waals surface area contributed by atoms with E-state index in [1.54, 1.807) is 13.2 Å². The van der Waals surface area contributed by atoms with Crippen molar-refractivity contribution in [2.24, 2.45) is 4.99 Å². The number of guanidine groups is 1. The Morgan fingerprint density at radius 1 is 1.19 bits per heavy atom. The van der Waals surface area contributed by atoms with Crippen molar-refractivity contribution >= 4 is 11.8 Å². The molecule has 1 aliphatic heterocycles. The van der Waals surface area contributed by atoms with Crippen LogP contribution >= 0.6 is 0 Å². The largest absolute Gasteiger partial charge is 0.356 e. The first kappa shape index (κ1) is 19.2. The number of piperazine rings is 1. The van der Waals surface area contributed by atoms with Crippen LogP contribution in [0.4, 0.5) is 5.82 Å². The molecule has 0 atom stereocenters. The van der Waals surface area contributed by atoms with Crippen molar-refractivity contribution in [3.05, 3.63) is 42.4 Å². The minimum absolute atomic E-state index is 0.724. The molecule has 8 nitrogen and oxygen atoms in total. The van der Waals surface area contributed by atoms with Crippen LogP contribution < -0.4 is 15.5 Å². The number of aliphatic imine (C=N–C) groups is 1. The van der Waals surface area contributed by atoms with Crippen molar-refractivity contribution in [1.29, 1.82) is 0 Å². The van der Waals surface area contributed by atoms with Gasteiger partial charge in [-0.05, 0) is 37.2 Å². The lowest BCUT2D eigenvalue weighted by Gasteiger charge is -2.33. The van der Waals surface area contributed by atoms with Crippen molar-refractivity contribution in [2.75, 3.05) is 51.7 Å². The fraction of sp³-hybridized carbons (Fsp3) is 0.526. The average molecular weight is 371 g/mol. The van der Waals surface area contributed by atoms with Gasteiger partial charge in [-0.3, -0.25) is 9.67 Å². The Balaban J connectivity index is 1.43. The second-order valence-electron chi connectivity index (χ2n) is 6.79. The molecule has 0 aliphatic carbocycles. The summed E-state index contributed by atoms with van der Waals surface area (Å²) < 4.78 is 1.94. The molecule has 0 bridgehead atoms. The van der Waals surface area contributed by atoms with Crippen LogP contribution in [0.2, 0.25) is 0 Å². The SMILES string of the molecule is CN=C(NCCCn1cccn1)NCc1ccnc(N2CCN(C)CC2)c1. The molecule has 0 spiro atoms. The lowest BCUT2D eigenvalue weighted by Crippen LogP contribution is -2.44. The first-order valence-corrected chi connectivity index (χ1v) is 9.55. The first-order valence-electron chi connectivity index (χ1n) is 9.55. The second-order valence-corrected chi connectivity index (χ2v) is 6.79. The van der Waals surface area contributed by atoms with Gasteiger partial charge in [0.2, 0.25) is 0 Å². The van der Waals surface area contributed by atoms with Crippen molar-refractivity contribution in [1.82, 2.24) is 30.3 Å². The van der Waals surface area contributed by atoms with E-state index in [9.17, 15) is 0 Å². The normalized spacial score (nSPS) is 15.8. The number of rotatable bonds is 7. The quantitative estimate of drug-likeness (QED) is 0.426. The molecule has 1 saturated heterocycles. The van der Waals surface area contributed by atoms with Gasteiger partial charge in [0.15, 0.2) is 5.96 Å². The van der Waals surface area contributed by atoms with Crippen LogP contribution in [0.25, 0.3) is 0 Å². The Labute approximate surface area is 161 Å². The molecular weight excluding hydrogens is 340 g/mol. The zero-order valence-corrected chi connectivity index (χ0v) is 16.3. The molecule has 2 N–H and O–H groups in total. The lowest BCUT2D eigenvalue weighted by molar-refractivity contribution is 0.312. The van der Waals surface area contributed by atoms with Crippen LogP contribution in [-0.4, -0.2) is 72.4 Å². The highest BCUT2D eigenvalue weighted by molar-refractivity contribution is 5.79. The maximum atomic E-state index is 4.55. The summed E-state index contributed by atoms with van der Waals surface area (Å²) in [7, 11) is 3.96. The molecule has 2 aromatic heterocycles. The molecule has 2 aromatic rings. The van der Waals surface area contributed by atoms with E-state index in [2.05, 4.69) is 54.7 Å². The number of aromatic nitrogens is 3. The zero-order valence-electron chi connectivity index (χ0n) is 16.3. The minimum atomic E-state index is 0.724. The second kappa shape index (κ2) is 9.91. The van der Waals surface area contributed by atoms with Crippen LogP contribution in [0, 0.1) is 0 Å². The van der Waals surface area contributed by atoms with Gasteiger partial charge >= 0.3 is 0 Å². The number of hydrogen-bond acceptors (Lipinski definition) is 5. The summed E-state index contributed by atoms with van der Waals surface area (Å²) in [6.07, 6.45) is 6.67. The molecule has 0 saturated carbocycles. The Bertz CT molecular complexity index is 704. The van der Waals surface area contributed by atoms with Gasteiger partial charge in [0, 0.05) is 71.5 Å². The van der Waals surface area contributed by atoms with E-state index in [-0.39, 0.29) is 0 Å². The summed E-state index contributed by atoms with van der Waals surface area (Å²) >= 11 is 0. The number of aryl methyl sites for hydroxylation is 1. The van der Waals surface area contributed by atoms with Crippen molar-refractivity contribution < 1.29 is 0 Å². The van der Waals surface area contributed by atoms with E-state index < -0.39 is 0 Å². The predicted molar refractivity (Wildman–Crippen MR) is 109 cm³/mol. The number of nitrogens with one attached hydrogen (secondary N) is 2. The van der Waals surface area contributed by atoms with E-state index in [0.29, 0.717) is 0 Å². The summed E-state index contributed by atoms with van der Waals surface area (Å²) in [4.78, 5) is 13.5. The number of anilines is 1. The van der Waals surface area contributed by atoms with E-state index in [1.807, 2.05) is 23.1 Å². The number of likely N-dealkylation sites (N-methyl/N-ethyl adjacent to an activating group) is 1. The van der Waals surface area contributed by atoms with Gasteiger partial charge in [0.1, 0.15) is 5.82 Å². The number of nitrogens with zero attached hydrogens (tertiary/aromatic N) is 6. The summed E-state index contributed by atoms with van der Waals surface area (Å²) in [5, 5.41) is 10.9. The highest BCUT2D eigenvalue weighted by Crippen LogP contribution is 2.14. The molecule has 3 rings (SSSR count). The van der Waals surface area contributed by atoms with Gasteiger partial charge in [0.25, 0.3) is 0 Å². The standard InChI is InChI=1S/C19H30N8/c1-20-19(22-6-3-9-27-10-4-7-24-27)23-16-17-5-8-21-18(15-17)26-13-11-25(2)12-14-26/h4-5,7-8,10,15H,3,6,9,11-14,16H2,1-2H3,(H2,20,22,23). The average Bonchev–Trinajstić information content (AvgIpc) is 3.22. The highest BCUT2D eigenvalue weighted by atomic mass is 15.3. The van der Waals surface area contributed by atoms with Gasteiger partial charge < -0.3 is 20.4 Å². The monoisotopic (exact) mass is 370 g/mol. The topological polar surface area (TPSA) is 73.6 Å². The molecule has 0 unspecified atom stereocenters. The molecule has 0 aromatic carbocycles. The van der Waals surface area contributed by atoms with E-state index in [1.165, 1.54) is 5.56 Å². The van der Waals surface area contributed by atoms with Crippen LogP contribution in [-0.2, 0) is 13.1 Å². The summed E-state index contributed by atoms with van der Waals surface area (Å²) in [6, 6.07) is 6.17. The fourth-order valence-electron chi connectivity index (χ4n) is 3.07. The molecule has 1 aliphatic rings. The molecule has 146 valence electrons. The van der Waals surface area contributed by atoms with Crippen molar-refractivity contribution in [2.45, 2.75) is 19.5 Å². The van der Waals surface area contributed by atoms with Gasteiger partial charge in [-0.2, -0.15) is 5.10 Å². The Kier molecular flexibility index (Phi) is 7.04. The zero-order chi connectivity index (χ0) is 18.9. The summed E-state index contributed by atoms with van der Waals surface area (Å²) in [5.41, 5.74) is 1.21. The van der Waals surface area contributed by atoms with E-state index >= 15 is 0 Å². The Morgan fingerprint density at radius 3 is 2.78 bits per heavy atom. The van der Waals surface area contributed by atoms with Crippen molar-refractivity contribution in [3.63, 3.8) is 0 Å². The molecule has 8 heteroatoms. The number of hydrogen-bond donors (Lipinski definition) is 2. The molecular formula is C19H30N8. The van der Waals surface area contributed by atoms with Crippen LogP contribution in [0.1, 0.15) is 12.0 Å². The van der Waals surface area contributed by atoms with Crippen molar-refractivity contribution in [3.8, 4) is 0 Å². The Morgan fingerprint density at radius 2 is 2.04 bits per heavy atom. The third kappa shape index (κ3) is 5.96. The maximum absolute atomic E-state index is 4.55. The maximum Gasteiger partial charge on any atom is 0.191 e. The minimum Gasteiger partial charge on any atom is -0.356 e. The Hall–Kier alpha value is -2.61. The van der Waals surface area contributed by atoms with E-state index in [4.69, 9.17) is 0 Å². The fourth-order valence-corrected chi connectivity index (χ4v) is 3.07. The molecule has 1 fully saturated rings. The summed E-state index contributed by atoms with van der Waals surface area (Å²) in [6.45, 7) is 6.69. The predicted octanol–water partition coefficient (Wildman–Crippen LogP) is 0.785. The molecule has 0 amide bonds. The van der Waals surface area contributed by atoms with Crippen LogP contribution in [0.3, 0.4) is 0 Å². The third-order valence-electron chi connectivity index (χ3n) is 4.74.